The minimum atomic E-state index is 0.0874. The van der Waals surface area contributed by atoms with Crippen LogP contribution in [0.25, 0.3) is 0 Å². The molecule has 1 amide bonds. The van der Waals surface area contributed by atoms with Gasteiger partial charge in [-0.2, -0.15) is 0 Å². The second kappa shape index (κ2) is 7.29. The van der Waals surface area contributed by atoms with E-state index in [1.807, 2.05) is 29.2 Å². The molecule has 0 bridgehead atoms. The molecule has 0 aliphatic carbocycles. The molecule has 1 heterocycles. The van der Waals surface area contributed by atoms with Gasteiger partial charge in [0, 0.05) is 24.5 Å². The van der Waals surface area contributed by atoms with E-state index in [1.165, 1.54) is 0 Å². The number of nitrogen functional groups attached to an aromatic ring is 1. The normalized spacial score (nSPS) is 18.8. The van der Waals surface area contributed by atoms with Crippen molar-refractivity contribution in [3.8, 4) is 0 Å². The van der Waals surface area contributed by atoms with Gasteiger partial charge in [-0.3, -0.25) is 4.79 Å². The van der Waals surface area contributed by atoms with Crippen molar-refractivity contribution < 1.29 is 9.53 Å². The van der Waals surface area contributed by atoms with Crippen LogP contribution in [0.3, 0.4) is 0 Å². The van der Waals surface area contributed by atoms with Gasteiger partial charge in [-0.1, -0.05) is 6.92 Å². The van der Waals surface area contributed by atoms with E-state index in [2.05, 4.69) is 6.92 Å². The molecule has 1 unspecified atom stereocenters. The van der Waals surface area contributed by atoms with Gasteiger partial charge >= 0.3 is 0 Å². The average molecular weight is 276 g/mol. The number of anilines is 2. The first-order valence-corrected chi connectivity index (χ1v) is 7.48. The molecule has 1 atom stereocenters. The summed E-state index contributed by atoms with van der Waals surface area (Å²) in [6.07, 6.45) is 4.76. The molecule has 1 aromatic rings. The quantitative estimate of drug-likeness (QED) is 0.841. The highest BCUT2D eigenvalue weighted by Gasteiger charge is 2.22. The fraction of sp³-hybridized carbons (Fsp3) is 0.562. The van der Waals surface area contributed by atoms with Gasteiger partial charge in [-0.05, 0) is 49.9 Å². The number of nitrogens with two attached hydrogens (primary N) is 1. The lowest BCUT2D eigenvalue weighted by atomic mass is 10.1. The van der Waals surface area contributed by atoms with Gasteiger partial charge in [-0.25, -0.2) is 0 Å². The average Bonchev–Trinajstić information content (AvgIpc) is 2.47. The number of amides is 1. The molecule has 20 heavy (non-hydrogen) atoms. The van der Waals surface area contributed by atoms with Crippen LogP contribution in [0.4, 0.5) is 11.4 Å². The maximum Gasteiger partial charge on any atom is 0.229 e. The number of benzene rings is 1. The molecule has 0 spiro atoms. The van der Waals surface area contributed by atoms with E-state index in [0.29, 0.717) is 12.1 Å². The van der Waals surface area contributed by atoms with E-state index < -0.39 is 0 Å². The maximum absolute atomic E-state index is 12.5. The molecule has 1 aliphatic heterocycles. The van der Waals surface area contributed by atoms with Gasteiger partial charge in [0.2, 0.25) is 5.91 Å². The van der Waals surface area contributed by atoms with E-state index in [4.69, 9.17) is 10.5 Å². The number of rotatable bonds is 5. The highest BCUT2D eigenvalue weighted by atomic mass is 16.5. The fourth-order valence-corrected chi connectivity index (χ4v) is 2.55. The minimum absolute atomic E-state index is 0.0874. The fourth-order valence-electron chi connectivity index (χ4n) is 2.55. The summed E-state index contributed by atoms with van der Waals surface area (Å²) in [4.78, 5) is 14.3. The predicted octanol–water partition coefficient (Wildman–Crippen LogP) is 2.97. The lowest BCUT2D eigenvalue weighted by Crippen LogP contribution is -2.35. The molecule has 1 fully saturated rings. The first-order chi connectivity index (χ1) is 9.70. The molecular weight excluding hydrogens is 252 g/mol. The summed E-state index contributed by atoms with van der Waals surface area (Å²) in [6, 6.07) is 7.49. The number of nitrogens with zero attached hydrogens (tertiary/aromatic N) is 1. The van der Waals surface area contributed by atoms with Crippen molar-refractivity contribution in [3.63, 3.8) is 0 Å². The Hall–Kier alpha value is -1.55. The van der Waals surface area contributed by atoms with Gasteiger partial charge in [0.05, 0.1) is 12.5 Å². The van der Waals surface area contributed by atoms with Crippen LogP contribution in [0, 0.1) is 0 Å². The van der Waals surface area contributed by atoms with Crippen LogP contribution in [0.5, 0.6) is 0 Å². The first-order valence-electron chi connectivity index (χ1n) is 7.48. The summed E-state index contributed by atoms with van der Waals surface area (Å²) in [5.74, 6) is 0.142. The Balaban J connectivity index is 2.02. The molecule has 110 valence electrons. The van der Waals surface area contributed by atoms with Crippen molar-refractivity contribution in [1.82, 2.24) is 0 Å². The maximum atomic E-state index is 12.5. The Bertz CT molecular complexity index is 425. The summed E-state index contributed by atoms with van der Waals surface area (Å²) in [5, 5.41) is 0. The van der Waals surface area contributed by atoms with Crippen molar-refractivity contribution in [3.05, 3.63) is 24.3 Å². The Kier molecular flexibility index (Phi) is 5.41. The minimum Gasteiger partial charge on any atom is -0.399 e. The summed E-state index contributed by atoms with van der Waals surface area (Å²) < 4.78 is 5.66. The van der Waals surface area contributed by atoms with E-state index in [0.717, 1.165) is 44.5 Å². The van der Waals surface area contributed by atoms with Crippen LogP contribution < -0.4 is 10.6 Å². The van der Waals surface area contributed by atoms with E-state index >= 15 is 0 Å². The lowest BCUT2D eigenvalue weighted by molar-refractivity contribution is -0.122. The third-order valence-electron chi connectivity index (χ3n) is 3.63. The van der Waals surface area contributed by atoms with Crippen LogP contribution in [0.2, 0.25) is 0 Å². The standard InChI is InChI=1S/C16H24N2O2/c1-2-10-18(14-8-6-13(17)7-9-14)16(19)12-15-5-3-4-11-20-15/h6-9,15H,2-5,10-12,17H2,1H3. The molecule has 1 aromatic carbocycles. The predicted molar refractivity (Wildman–Crippen MR) is 81.7 cm³/mol. The van der Waals surface area contributed by atoms with Crippen LogP contribution in [-0.2, 0) is 9.53 Å². The zero-order valence-electron chi connectivity index (χ0n) is 12.2. The van der Waals surface area contributed by atoms with Crippen LogP contribution >= 0.6 is 0 Å². The van der Waals surface area contributed by atoms with E-state index in [-0.39, 0.29) is 12.0 Å². The Morgan fingerprint density at radius 3 is 2.70 bits per heavy atom. The number of hydrogen-bond acceptors (Lipinski definition) is 3. The van der Waals surface area contributed by atoms with Gasteiger partial charge in [0.1, 0.15) is 0 Å². The van der Waals surface area contributed by atoms with Crippen molar-refractivity contribution >= 4 is 17.3 Å². The first kappa shape index (κ1) is 14.9. The van der Waals surface area contributed by atoms with E-state index in [9.17, 15) is 4.79 Å². The van der Waals surface area contributed by atoms with Crippen molar-refractivity contribution in [2.24, 2.45) is 0 Å². The second-order valence-electron chi connectivity index (χ2n) is 5.33. The molecule has 0 saturated carbocycles. The molecular formula is C16H24N2O2. The third kappa shape index (κ3) is 3.97. The zero-order valence-corrected chi connectivity index (χ0v) is 12.2. The number of ether oxygens (including phenoxy) is 1. The van der Waals surface area contributed by atoms with Crippen molar-refractivity contribution in [2.75, 3.05) is 23.8 Å². The van der Waals surface area contributed by atoms with Crippen molar-refractivity contribution in [2.45, 2.75) is 45.1 Å². The molecule has 2 N–H and O–H groups in total. The molecule has 1 aliphatic rings. The van der Waals surface area contributed by atoms with Crippen LogP contribution in [-0.4, -0.2) is 25.2 Å². The topological polar surface area (TPSA) is 55.6 Å². The molecule has 2 rings (SSSR count). The number of carbonyl (C=O) groups excluding carboxylic acids is 1. The third-order valence-corrected chi connectivity index (χ3v) is 3.63. The van der Waals surface area contributed by atoms with Crippen molar-refractivity contribution in [1.29, 1.82) is 0 Å². The number of carbonyl (C=O) groups is 1. The van der Waals surface area contributed by atoms with E-state index in [1.54, 1.807) is 0 Å². The molecule has 4 nitrogen and oxygen atoms in total. The Morgan fingerprint density at radius 1 is 1.35 bits per heavy atom. The largest absolute Gasteiger partial charge is 0.399 e. The SMILES string of the molecule is CCCN(C(=O)CC1CCCCO1)c1ccc(N)cc1. The van der Waals surface area contributed by atoms with Crippen LogP contribution in [0.1, 0.15) is 39.0 Å². The molecule has 0 radical (unpaired) electrons. The Morgan fingerprint density at radius 2 is 2.10 bits per heavy atom. The highest BCUT2D eigenvalue weighted by molar-refractivity contribution is 5.93. The number of hydrogen-bond donors (Lipinski definition) is 1. The Labute approximate surface area is 120 Å². The summed E-state index contributed by atoms with van der Waals surface area (Å²) in [6.45, 7) is 3.59. The van der Waals surface area contributed by atoms with Crippen LogP contribution in [0.15, 0.2) is 24.3 Å². The smallest absolute Gasteiger partial charge is 0.229 e. The zero-order chi connectivity index (χ0) is 14.4. The monoisotopic (exact) mass is 276 g/mol. The van der Waals surface area contributed by atoms with Gasteiger partial charge in [0.15, 0.2) is 0 Å². The highest BCUT2D eigenvalue weighted by Crippen LogP contribution is 2.21. The molecule has 1 saturated heterocycles. The van der Waals surface area contributed by atoms with Gasteiger partial charge in [0.25, 0.3) is 0 Å². The summed E-state index contributed by atoms with van der Waals surface area (Å²) >= 11 is 0. The molecule has 4 heteroatoms. The summed E-state index contributed by atoms with van der Waals surface area (Å²) in [5.41, 5.74) is 7.34. The second-order valence-corrected chi connectivity index (χ2v) is 5.33. The summed E-state index contributed by atoms with van der Waals surface area (Å²) in [7, 11) is 0. The lowest BCUT2D eigenvalue weighted by Gasteiger charge is -2.27. The van der Waals surface area contributed by atoms with Gasteiger partial charge < -0.3 is 15.4 Å². The molecule has 0 aromatic heterocycles. The van der Waals surface area contributed by atoms with Gasteiger partial charge in [-0.15, -0.1) is 0 Å².